The molecule has 0 saturated heterocycles. The lowest BCUT2D eigenvalue weighted by molar-refractivity contribution is 0.204. The van der Waals surface area contributed by atoms with Gasteiger partial charge in [0, 0.05) is 0 Å². The number of hydrogen-bond donors (Lipinski definition) is 2. The highest BCUT2D eigenvalue weighted by Crippen LogP contribution is 2.47. The van der Waals surface area contributed by atoms with E-state index in [0.717, 1.165) is 19.3 Å². The smallest absolute Gasteiger partial charge is 0.264 e. The van der Waals surface area contributed by atoms with E-state index in [-0.39, 0.29) is 5.75 Å². The van der Waals surface area contributed by atoms with E-state index in [1.165, 1.54) is 19.3 Å². The SMILES string of the molecule is N#CC1(NCCCS(=O)(=O)O)CCC2CCCCC21. The van der Waals surface area contributed by atoms with Crippen molar-refractivity contribution < 1.29 is 13.0 Å². The molecule has 2 N–H and O–H groups in total. The van der Waals surface area contributed by atoms with E-state index in [4.69, 9.17) is 4.55 Å². The van der Waals surface area contributed by atoms with Gasteiger partial charge < -0.3 is 0 Å². The second-order valence-electron chi connectivity index (χ2n) is 5.84. The summed E-state index contributed by atoms with van der Waals surface area (Å²) in [5.41, 5.74) is -0.468. The Kier molecular flexibility index (Phi) is 4.49. The standard InChI is InChI=1S/C13H22N2O3S/c14-10-13(15-8-3-9-19(16,17)18)7-6-11-4-1-2-5-12(11)13/h11-12,15H,1-9H2,(H,16,17,18). The zero-order valence-electron chi connectivity index (χ0n) is 11.1. The Hall–Kier alpha value is -0.640. The molecular formula is C13H22N2O3S. The third-order valence-electron chi connectivity index (χ3n) is 4.67. The quantitative estimate of drug-likeness (QED) is 0.593. The van der Waals surface area contributed by atoms with Gasteiger partial charge in [-0.15, -0.1) is 0 Å². The Balaban J connectivity index is 1.90. The lowest BCUT2D eigenvalue weighted by Gasteiger charge is -2.35. The molecule has 3 unspecified atom stereocenters. The van der Waals surface area contributed by atoms with Crippen LogP contribution < -0.4 is 5.32 Å². The van der Waals surface area contributed by atoms with Gasteiger partial charge in [-0.1, -0.05) is 19.3 Å². The number of rotatable bonds is 5. The summed E-state index contributed by atoms with van der Waals surface area (Å²) >= 11 is 0. The summed E-state index contributed by atoms with van der Waals surface area (Å²) in [6, 6.07) is 2.45. The molecule has 0 aromatic heterocycles. The van der Waals surface area contributed by atoms with E-state index in [1.54, 1.807) is 0 Å². The highest BCUT2D eigenvalue weighted by atomic mass is 32.2. The van der Waals surface area contributed by atoms with Crippen LogP contribution in [0.1, 0.15) is 44.9 Å². The second kappa shape index (κ2) is 5.78. The fourth-order valence-corrected chi connectivity index (χ4v) is 4.27. The lowest BCUT2D eigenvalue weighted by Crippen LogP contribution is -2.49. The Labute approximate surface area is 115 Å². The van der Waals surface area contributed by atoms with Crippen molar-refractivity contribution in [2.45, 2.75) is 50.5 Å². The summed E-state index contributed by atoms with van der Waals surface area (Å²) < 4.78 is 30.0. The molecule has 3 atom stereocenters. The van der Waals surface area contributed by atoms with E-state index in [1.807, 2.05) is 0 Å². The number of fused-ring (bicyclic) bond motifs is 1. The monoisotopic (exact) mass is 286 g/mol. The van der Waals surface area contributed by atoms with E-state index >= 15 is 0 Å². The summed E-state index contributed by atoms with van der Waals surface area (Å²) in [6.07, 6.45) is 7.10. The van der Waals surface area contributed by atoms with Gasteiger partial charge in [0.1, 0.15) is 5.54 Å². The van der Waals surface area contributed by atoms with Gasteiger partial charge in [-0.3, -0.25) is 9.87 Å². The van der Waals surface area contributed by atoms with Crippen molar-refractivity contribution in [1.29, 1.82) is 5.26 Å². The molecule has 108 valence electrons. The molecule has 6 heteroatoms. The van der Waals surface area contributed by atoms with Crippen LogP contribution in [-0.4, -0.2) is 30.8 Å². The van der Waals surface area contributed by atoms with Crippen LogP contribution in [0.4, 0.5) is 0 Å². The maximum atomic E-state index is 10.7. The van der Waals surface area contributed by atoms with Crippen molar-refractivity contribution in [3.8, 4) is 6.07 Å². The van der Waals surface area contributed by atoms with Crippen LogP contribution in [0.3, 0.4) is 0 Å². The lowest BCUT2D eigenvalue weighted by atomic mass is 9.75. The van der Waals surface area contributed by atoms with Crippen LogP contribution in [0.2, 0.25) is 0 Å². The minimum Gasteiger partial charge on any atom is -0.299 e. The van der Waals surface area contributed by atoms with Gasteiger partial charge in [-0.25, -0.2) is 0 Å². The summed E-state index contributed by atoms with van der Waals surface area (Å²) in [6.45, 7) is 0.469. The Bertz CT molecular complexity index is 457. The van der Waals surface area contributed by atoms with Crippen LogP contribution in [0, 0.1) is 23.2 Å². The third kappa shape index (κ3) is 3.47. The molecule has 0 aromatic carbocycles. The number of nitrogens with zero attached hydrogens (tertiary/aromatic N) is 1. The molecule has 2 rings (SSSR count). The van der Waals surface area contributed by atoms with Crippen LogP contribution in [0.25, 0.3) is 0 Å². The van der Waals surface area contributed by atoms with Gasteiger partial charge in [-0.2, -0.15) is 13.7 Å². The van der Waals surface area contributed by atoms with Crippen molar-refractivity contribution in [2.75, 3.05) is 12.3 Å². The Morgan fingerprint density at radius 3 is 2.74 bits per heavy atom. The average Bonchev–Trinajstić information content (AvgIpc) is 2.74. The molecule has 0 bridgehead atoms. The first kappa shape index (κ1) is 14.8. The molecule has 0 spiro atoms. The van der Waals surface area contributed by atoms with Crippen molar-refractivity contribution in [1.82, 2.24) is 5.32 Å². The predicted octanol–water partition coefficient (Wildman–Crippen LogP) is 1.72. The molecular weight excluding hydrogens is 264 g/mol. The topological polar surface area (TPSA) is 90.2 Å². The normalized spacial score (nSPS) is 34.7. The van der Waals surface area contributed by atoms with Gasteiger partial charge >= 0.3 is 0 Å². The molecule has 2 aliphatic carbocycles. The van der Waals surface area contributed by atoms with E-state index in [2.05, 4.69) is 11.4 Å². The van der Waals surface area contributed by atoms with Crippen LogP contribution in [0.5, 0.6) is 0 Å². The number of nitrogens with one attached hydrogen (secondary N) is 1. The minimum absolute atomic E-state index is 0.240. The first-order valence-electron chi connectivity index (χ1n) is 7.08. The largest absolute Gasteiger partial charge is 0.299 e. The zero-order valence-corrected chi connectivity index (χ0v) is 12.0. The first-order valence-corrected chi connectivity index (χ1v) is 8.69. The first-order chi connectivity index (χ1) is 8.97. The third-order valence-corrected chi connectivity index (χ3v) is 5.48. The van der Waals surface area contributed by atoms with Crippen molar-refractivity contribution in [3.05, 3.63) is 0 Å². The number of hydrogen-bond acceptors (Lipinski definition) is 4. The summed E-state index contributed by atoms with van der Waals surface area (Å²) in [7, 11) is -3.89. The fourth-order valence-electron chi connectivity index (χ4n) is 3.76. The molecule has 2 saturated carbocycles. The molecule has 0 heterocycles. The summed E-state index contributed by atoms with van der Waals surface area (Å²) in [5, 5.41) is 12.8. The predicted molar refractivity (Wildman–Crippen MR) is 72.1 cm³/mol. The molecule has 2 aliphatic rings. The van der Waals surface area contributed by atoms with Crippen LogP contribution in [-0.2, 0) is 10.1 Å². The maximum absolute atomic E-state index is 10.7. The van der Waals surface area contributed by atoms with Gasteiger partial charge in [0.2, 0.25) is 0 Å². The summed E-state index contributed by atoms with van der Waals surface area (Å²) in [4.78, 5) is 0. The van der Waals surface area contributed by atoms with E-state index < -0.39 is 15.7 Å². The Morgan fingerprint density at radius 2 is 2.05 bits per heavy atom. The Morgan fingerprint density at radius 1 is 1.32 bits per heavy atom. The molecule has 0 amide bonds. The highest BCUT2D eigenvalue weighted by Gasteiger charge is 2.48. The summed E-state index contributed by atoms with van der Waals surface area (Å²) in [5.74, 6) is 0.828. The van der Waals surface area contributed by atoms with Crippen LogP contribution >= 0.6 is 0 Å². The van der Waals surface area contributed by atoms with Crippen LogP contribution in [0.15, 0.2) is 0 Å². The molecule has 5 nitrogen and oxygen atoms in total. The second-order valence-corrected chi connectivity index (χ2v) is 7.41. The van der Waals surface area contributed by atoms with Gasteiger partial charge in [-0.05, 0) is 44.1 Å². The van der Waals surface area contributed by atoms with Gasteiger partial charge in [0.05, 0.1) is 11.8 Å². The van der Waals surface area contributed by atoms with Gasteiger partial charge in [0.25, 0.3) is 10.1 Å². The van der Waals surface area contributed by atoms with E-state index in [0.29, 0.717) is 24.8 Å². The molecule has 19 heavy (non-hydrogen) atoms. The molecule has 2 fully saturated rings. The van der Waals surface area contributed by atoms with E-state index in [9.17, 15) is 13.7 Å². The molecule has 0 aliphatic heterocycles. The number of nitriles is 1. The van der Waals surface area contributed by atoms with Crippen molar-refractivity contribution in [3.63, 3.8) is 0 Å². The fraction of sp³-hybridized carbons (Fsp3) is 0.923. The van der Waals surface area contributed by atoms with Crippen molar-refractivity contribution >= 4 is 10.1 Å². The molecule has 0 aromatic rings. The zero-order chi connectivity index (χ0) is 13.9. The maximum Gasteiger partial charge on any atom is 0.264 e. The minimum atomic E-state index is -3.89. The molecule has 0 radical (unpaired) electrons. The van der Waals surface area contributed by atoms with Crippen molar-refractivity contribution in [2.24, 2.45) is 11.8 Å². The van der Waals surface area contributed by atoms with Gasteiger partial charge in [0.15, 0.2) is 0 Å². The average molecular weight is 286 g/mol. The highest BCUT2D eigenvalue weighted by molar-refractivity contribution is 7.85.